The Hall–Kier alpha value is -1.42. The summed E-state index contributed by atoms with van der Waals surface area (Å²) in [5, 5.41) is 0. The molecule has 0 spiro atoms. The summed E-state index contributed by atoms with van der Waals surface area (Å²) >= 11 is 3.06. The normalized spacial score (nSPS) is 19.6. The Morgan fingerprint density at radius 1 is 1.47 bits per heavy atom. The summed E-state index contributed by atoms with van der Waals surface area (Å²) in [6, 6.07) is 0. The van der Waals surface area contributed by atoms with Gasteiger partial charge in [-0.05, 0) is 40.6 Å². The molecule has 0 aromatic heterocycles. The van der Waals surface area contributed by atoms with Crippen molar-refractivity contribution in [2.45, 2.75) is 6.92 Å². The van der Waals surface area contributed by atoms with Crippen molar-refractivity contribution in [1.29, 1.82) is 0 Å². The van der Waals surface area contributed by atoms with Crippen LogP contribution in [0, 0.1) is 0 Å². The third-order valence-electron chi connectivity index (χ3n) is 1.59. The minimum absolute atomic E-state index is 0.391. The lowest BCUT2D eigenvalue weighted by Gasteiger charge is -1.94. The predicted octanol–water partition coefficient (Wildman–Crippen LogP) is 2.41. The fourth-order valence-electron chi connectivity index (χ4n) is 0.965. The highest BCUT2D eigenvalue weighted by molar-refractivity contribution is 9.12. The molecule has 0 bridgehead atoms. The van der Waals surface area contributed by atoms with Crippen molar-refractivity contribution in [3.63, 3.8) is 0 Å². The predicted molar refractivity (Wildman–Crippen MR) is 60.1 cm³/mol. The molecule has 4 heteroatoms. The van der Waals surface area contributed by atoms with Crippen LogP contribution >= 0.6 is 15.9 Å². The van der Waals surface area contributed by atoms with E-state index in [9.17, 15) is 9.59 Å². The van der Waals surface area contributed by atoms with Gasteiger partial charge in [-0.25, -0.2) is 4.79 Å². The Balaban J connectivity index is 2.73. The van der Waals surface area contributed by atoms with Crippen LogP contribution in [0.3, 0.4) is 0 Å². The average Bonchev–Trinajstić information content (AvgIpc) is 2.46. The second-order valence-corrected chi connectivity index (χ2v) is 3.71. The highest BCUT2D eigenvalue weighted by Crippen LogP contribution is 2.22. The van der Waals surface area contributed by atoms with Crippen LogP contribution in [0.25, 0.3) is 0 Å². The number of esters is 1. The first-order valence-electron chi connectivity index (χ1n) is 4.23. The van der Waals surface area contributed by atoms with Crippen molar-refractivity contribution in [2.75, 3.05) is 0 Å². The van der Waals surface area contributed by atoms with Crippen LogP contribution in [0.4, 0.5) is 0 Å². The maximum Gasteiger partial charge on any atom is 0.350 e. The number of carbonyl (C=O) groups is 2. The van der Waals surface area contributed by atoms with Crippen molar-refractivity contribution in [1.82, 2.24) is 0 Å². The Labute approximate surface area is 95.9 Å². The van der Waals surface area contributed by atoms with Gasteiger partial charge in [-0.3, -0.25) is 4.79 Å². The van der Waals surface area contributed by atoms with E-state index in [0.29, 0.717) is 16.5 Å². The lowest BCUT2D eigenvalue weighted by atomic mass is 10.2. The number of hydrogen-bond donors (Lipinski definition) is 0. The lowest BCUT2D eigenvalue weighted by molar-refractivity contribution is -0.132. The minimum atomic E-state index is -0.391. The summed E-state index contributed by atoms with van der Waals surface area (Å²) in [6.07, 6.45) is 8.76. The standard InChI is InChI=1S/C11H9BrO3/c1-8(4-2-3-5-13)6-9-7-10(12)11(14)15-9/h2-7H,1H3/b3-2+,8-4+,9-6-. The molecule has 1 aliphatic rings. The molecule has 0 fully saturated rings. The molecule has 78 valence electrons. The first-order valence-corrected chi connectivity index (χ1v) is 5.02. The summed E-state index contributed by atoms with van der Waals surface area (Å²) in [4.78, 5) is 21.0. The van der Waals surface area contributed by atoms with Gasteiger partial charge in [0.25, 0.3) is 0 Å². The Kier molecular flexibility index (Phi) is 4.24. The van der Waals surface area contributed by atoms with Gasteiger partial charge in [0, 0.05) is 6.08 Å². The molecule has 0 N–H and O–H groups in total. The van der Waals surface area contributed by atoms with E-state index in [1.54, 1.807) is 24.3 Å². The van der Waals surface area contributed by atoms with Crippen LogP contribution in [0.2, 0.25) is 0 Å². The zero-order valence-corrected chi connectivity index (χ0v) is 9.65. The topological polar surface area (TPSA) is 43.4 Å². The van der Waals surface area contributed by atoms with Gasteiger partial charge in [-0.2, -0.15) is 0 Å². The van der Waals surface area contributed by atoms with Gasteiger partial charge < -0.3 is 4.74 Å². The monoisotopic (exact) mass is 268 g/mol. The van der Waals surface area contributed by atoms with Gasteiger partial charge in [0.1, 0.15) is 16.5 Å². The zero-order chi connectivity index (χ0) is 11.3. The molecule has 15 heavy (non-hydrogen) atoms. The second-order valence-electron chi connectivity index (χ2n) is 2.86. The minimum Gasteiger partial charge on any atom is -0.422 e. The van der Waals surface area contributed by atoms with Crippen molar-refractivity contribution in [2.24, 2.45) is 0 Å². The number of cyclic esters (lactones) is 1. The van der Waals surface area contributed by atoms with E-state index in [-0.39, 0.29) is 0 Å². The molecule has 0 aliphatic carbocycles. The third-order valence-corrected chi connectivity index (χ3v) is 2.15. The van der Waals surface area contributed by atoms with Crippen LogP contribution in [0.15, 0.2) is 46.2 Å². The molecule has 0 radical (unpaired) electrons. The van der Waals surface area contributed by atoms with Gasteiger partial charge in [-0.15, -0.1) is 0 Å². The molecule has 1 aliphatic heterocycles. The summed E-state index contributed by atoms with van der Waals surface area (Å²) in [5.74, 6) is 0.0950. The van der Waals surface area contributed by atoms with Gasteiger partial charge in [-0.1, -0.05) is 12.2 Å². The molecule has 0 saturated carbocycles. The number of aldehydes is 1. The van der Waals surface area contributed by atoms with Crippen LogP contribution in [0.5, 0.6) is 0 Å². The average molecular weight is 269 g/mol. The highest BCUT2D eigenvalue weighted by Gasteiger charge is 2.17. The smallest absolute Gasteiger partial charge is 0.350 e. The number of allylic oxidation sites excluding steroid dienone is 6. The number of rotatable bonds is 3. The van der Waals surface area contributed by atoms with Gasteiger partial charge in [0.05, 0.1) is 0 Å². The van der Waals surface area contributed by atoms with E-state index in [4.69, 9.17) is 4.74 Å². The summed E-state index contributed by atoms with van der Waals surface area (Å²) in [5.41, 5.74) is 0.884. The first-order chi connectivity index (χ1) is 7.13. The van der Waals surface area contributed by atoms with E-state index in [0.717, 1.165) is 5.57 Å². The third kappa shape index (κ3) is 3.67. The molecule has 0 aromatic carbocycles. The van der Waals surface area contributed by atoms with E-state index < -0.39 is 5.97 Å². The molecule has 3 nitrogen and oxygen atoms in total. The van der Waals surface area contributed by atoms with Crippen molar-refractivity contribution in [3.05, 3.63) is 46.2 Å². The van der Waals surface area contributed by atoms with Crippen LogP contribution in [0.1, 0.15) is 6.92 Å². The number of halogens is 1. The molecule has 1 rings (SSSR count). The largest absolute Gasteiger partial charge is 0.422 e. The maximum atomic E-state index is 11.0. The summed E-state index contributed by atoms with van der Waals surface area (Å²) < 4.78 is 5.31. The fraction of sp³-hybridized carbons (Fsp3) is 0.0909. The van der Waals surface area contributed by atoms with E-state index in [2.05, 4.69) is 15.9 Å². The Bertz CT molecular complexity index is 400. The Morgan fingerprint density at radius 2 is 2.20 bits per heavy atom. The maximum absolute atomic E-state index is 11.0. The first kappa shape index (κ1) is 11.7. The van der Waals surface area contributed by atoms with Crippen LogP contribution < -0.4 is 0 Å². The molecule has 0 atom stereocenters. The number of hydrogen-bond acceptors (Lipinski definition) is 3. The Morgan fingerprint density at radius 3 is 2.73 bits per heavy atom. The summed E-state index contributed by atoms with van der Waals surface area (Å²) in [6.45, 7) is 1.84. The molecule has 0 amide bonds. The van der Waals surface area contributed by atoms with Crippen LogP contribution in [-0.4, -0.2) is 12.3 Å². The van der Waals surface area contributed by atoms with Crippen molar-refractivity contribution < 1.29 is 14.3 Å². The van der Waals surface area contributed by atoms with Crippen LogP contribution in [-0.2, 0) is 14.3 Å². The lowest BCUT2D eigenvalue weighted by Crippen LogP contribution is -1.93. The molecule has 1 heterocycles. The molecule has 0 unspecified atom stereocenters. The zero-order valence-electron chi connectivity index (χ0n) is 8.07. The van der Waals surface area contributed by atoms with E-state index in [1.165, 1.54) is 6.08 Å². The quantitative estimate of drug-likeness (QED) is 0.342. The number of carbonyl (C=O) groups excluding carboxylic acids is 2. The molecular formula is C11H9BrO3. The molecular weight excluding hydrogens is 260 g/mol. The highest BCUT2D eigenvalue weighted by atomic mass is 79.9. The van der Waals surface area contributed by atoms with E-state index in [1.807, 2.05) is 6.92 Å². The number of ether oxygens (including phenoxy) is 1. The van der Waals surface area contributed by atoms with Crippen molar-refractivity contribution >= 4 is 28.2 Å². The van der Waals surface area contributed by atoms with Gasteiger partial charge >= 0.3 is 5.97 Å². The molecule has 0 saturated heterocycles. The van der Waals surface area contributed by atoms with Gasteiger partial charge in [0.2, 0.25) is 0 Å². The molecule has 0 aromatic rings. The summed E-state index contributed by atoms with van der Waals surface area (Å²) in [7, 11) is 0. The fourth-order valence-corrected chi connectivity index (χ4v) is 1.27. The second kappa shape index (κ2) is 5.46. The van der Waals surface area contributed by atoms with Gasteiger partial charge in [0.15, 0.2) is 0 Å². The van der Waals surface area contributed by atoms with Crippen molar-refractivity contribution in [3.8, 4) is 0 Å². The SMILES string of the molecule is CC(/C=C1/C=C(Br)C(=O)O1)=C\C=C\C=O. The van der Waals surface area contributed by atoms with E-state index >= 15 is 0 Å².